The Morgan fingerprint density at radius 1 is 0.951 bits per heavy atom. The number of aryl methyl sites for hydroxylation is 1. The fourth-order valence-corrected chi connectivity index (χ4v) is 6.06. The van der Waals surface area contributed by atoms with Gasteiger partial charge in [0.2, 0.25) is 11.8 Å². The first kappa shape index (κ1) is 30.6. The second kappa shape index (κ2) is 15.0. The Kier molecular flexibility index (Phi) is 11.2. The standard InChI is InChI=1S/C33H42N2O5S/c1-5-40-19-9-17-35(33(37)29-21-28(29)26-10-7-6-8-11-26)23-32(36)34(22-27-14-12-24(2)41-27)18-16-25-13-15-30(38-3)31(20-25)39-4/h6-8,10-15,20,28-29H,5,9,16-19,21-23H2,1-4H3. The van der Waals surface area contributed by atoms with E-state index in [0.717, 1.165) is 16.9 Å². The maximum absolute atomic E-state index is 13.9. The molecule has 0 spiro atoms. The van der Waals surface area contributed by atoms with Gasteiger partial charge in [-0.1, -0.05) is 36.4 Å². The van der Waals surface area contributed by atoms with Gasteiger partial charge in [-0.3, -0.25) is 9.59 Å². The molecule has 1 aliphatic rings. The summed E-state index contributed by atoms with van der Waals surface area (Å²) in [7, 11) is 3.24. The number of benzene rings is 2. The first-order chi connectivity index (χ1) is 19.9. The van der Waals surface area contributed by atoms with Gasteiger partial charge in [0.25, 0.3) is 0 Å². The lowest BCUT2D eigenvalue weighted by atomic mass is 10.1. The van der Waals surface area contributed by atoms with Gasteiger partial charge in [-0.05, 0) is 74.4 Å². The van der Waals surface area contributed by atoms with Crippen molar-refractivity contribution >= 4 is 23.2 Å². The van der Waals surface area contributed by atoms with Crippen molar-refractivity contribution in [2.45, 2.75) is 45.6 Å². The van der Waals surface area contributed by atoms with Gasteiger partial charge in [-0.25, -0.2) is 0 Å². The van der Waals surface area contributed by atoms with Crippen LogP contribution in [0.3, 0.4) is 0 Å². The molecule has 0 aliphatic heterocycles. The molecule has 3 aromatic rings. The lowest BCUT2D eigenvalue weighted by Gasteiger charge is -2.28. The molecule has 0 N–H and O–H groups in total. The predicted octanol–water partition coefficient (Wildman–Crippen LogP) is 5.70. The summed E-state index contributed by atoms with van der Waals surface area (Å²) in [4.78, 5) is 33.5. The second-order valence-electron chi connectivity index (χ2n) is 10.4. The molecular formula is C33H42N2O5S. The molecule has 4 rings (SSSR count). The van der Waals surface area contributed by atoms with Crippen molar-refractivity contribution in [2.75, 3.05) is 47.1 Å². The minimum absolute atomic E-state index is 0.0433. The summed E-state index contributed by atoms with van der Waals surface area (Å²) in [5.74, 6) is 1.52. The highest BCUT2D eigenvalue weighted by atomic mass is 32.1. The van der Waals surface area contributed by atoms with Crippen LogP contribution in [0, 0.1) is 12.8 Å². The third-order valence-corrected chi connectivity index (χ3v) is 8.49. The highest BCUT2D eigenvalue weighted by Crippen LogP contribution is 2.48. The van der Waals surface area contributed by atoms with Gasteiger partial charge in [0.1, 0.15) is 0 Å². The third-order valence-electron chi connectivity index (χ3n) is 7.51. The Balaban J connectivity index is 1.47. The zero-order valence-electron chi connectivity index (χ0n) is 24.6. The number of thiophene rings is 1. The second-order valence-corrected chi connectivity index (χ2v) is 11.8. The predicted molar refractivity (Wildman–Crippen MR) is 163 cm³/mol. The summed E-state index contributed by atoms with van der Waals surface area (Å²) in [6, 6.07) is 20.2. The fourth-order valence-electron chi connectivity index (χ4n) is 5.15. The van der Waals surface area contributed by atoms with Crippen molar-refractivity contribution in [1.82, 2.24) is 9.80 Å². The Labute approximate surface area is 248 Å². The molecule has 2 amide bonds. The molecule has 1 saturated carbocycles. The fraction of sp³-hybridized carbons (Fsp3) is 0.455. The van der Waals surface area contributed by atoms with Gasteiger partial charge in [-0.15, -0.1) is 11.3 Å². The minimum atomic E-state index is -0.0718. The molecule has 0 radical (unpaired) electrons. The van der Waals surface area contributed by atoms with Crippen molar-refractivity contribution < 1.29 is 23.8 Å². The van der Waals surface area contributed by atoms with Crippen LogP contribution in [-0.4, -0.2) is 68.7 Å². The first-order valence-electron chi connectivity index (χ1n) is 14.4. The SMILES string of the molecule is CCOCCCN(CC(=O)N(CCc1ccc(OC)c(OC)c1)Cc1ccc(C)s1)C(=O)C1CC1c1ccccc1. The van der Waals surface area contributed by atoms with Crippen LogP contribution in [0.15, 0.2) is 60.7 Å². The summed E-state index contributed by atoms with van der Waals surface area (Å²) in [6.45, 7) is 6.85. The van der Waals surface area contributed by atoms with Gasteiger partial charge in [-0.2, -0.15) is 0 Å². The van der Waals surface area contributed by atoms with Gasteiger partial charge >= 0.3 is 0 Å². The number of ether oxygens (including phenoxy) is 3. The highest BCUT2D eigenvalue weighted by molar-refractivity contribution is 7.11. The lowest BCUT2D eigenvalue weighted by molar-refractivity contribution is -0.141. The van der Waals surface area contributed by atoms with E-state index in [0.29, 0.717) is 57.2 Å². The highest BCUT2D eigenvalue weighted by Gasteiger charge is 2.46. The summed E-state index contributed by atoms with van der Waals surface area (Å²) in [5.41, 5.74) is 2.24. The van der Waals surface area contributed by atoms with Crippen LogP contribution in [-0.2, 0) is 27.3 Å². The van der Waals surface area contributed by atoms with Gasteiger partial charge in [0, 0.05) is 42.0 Å². The molecule has 220 valence electrons. The molecule has 2 unspecified atom stereocenters. The Morgan fingerprint density at radius 3 is 2.41 bits per heavy atom. The number of hydrogen-bond acceptors (Lipinski definition) is 6. The van der Waals surface area contributed by atoms with E-state index in [4.69, 9.17) is 14.2 Å². The molecule has 2 atom stereocenters. The number of rotatable bonds is 16. The van der Waals surface area contributed by atoms with E-state index in [1.165, 1.54) is 10.4 Å². The molecule has 1 aliphatic carbocycles. The Hall–Kier alpha value is -3.36. The zero-order valence-corrected chi connectivity index (χ0v) is 25.5. The maximum Gasteiger partial charge on any atom is 0.242 e. The average molecular weight is 579 g/mol. The zero-order chi connectivity index (χ0) is 29.2. The number of amides is 2. The van der Waals surface area contributed by atoms with Crippen LogP contribution in [0.1, 0.15) is 46.6 Å². The molecule has 0 saturated heterocycles. The molecule has 0 bridgehead atoms. The molecule has 41 heavy (non-hydrogen) atoms. The van der Waals surface area contributed by atoms with Crippen molar-refractivity contribution in [3.8, 4) is 11.5 Å². The monoisotopic (exact) mass is 578 g/mol. The van der Waals surface area contributed by atoms with Crippen molar-refractivity contribution in [1.29, 1.82) is 0 Å². The number of carbonyl (C=O) groups is 2. The normalized spacial score (nSPS) is 15.8. The van der Waals surface area contributed by atoms with E-state index in [1.807, 2.05) is 48.2 Å². The number of hydrogen-bond donors (Lipinski definition) is 0. The number of nitrogens with zero attached hydrogens (tertiary/aromatic N) is 2. The van der Waals surface area contributed by atoms with Gasteiger partial charge in [0.15, 0.2) is 11.5 Å². The summed E-state index contributed by atoms with van der Waals surface area (Å²) < 4.78 is 16.4. The van der Waals surface area contributed by atoms with Crippen LogP contribution < -0.4 is 9.47 Å². The molecule has 1 fully saturated rings. The third kappa shape index (κ3) is 8.57. The van der Waals surface area contributed by atoms with Crippen molar-refractivity contribution in [3.05, 3.63) is 81.5 Å². The Bertz CT molecular complexity index is 1280. The maximum atomic E-state index is 13.9. The van der Waals surface area contributed by atoms with E-state index in [9.17, 15) is 9.59 Å². The molecule has 7 nitrogen and oxygen atoms in total. The van der Waals surface area contributed by atoms with Gasteiger partial charge < -0.3 is 24.0 Å². The summed E-state index contributed by atoms with van der Waals surface area (Å²) in [6.07, 6.45) is 2.19. The average Bonchev–Trinajstić information content (AvgIpc) is 3.70. The molecule has 8 heteroatoms. The number of methoxy groups -OCH3 is 2. The van der Waals surface area contributed by atoms with Gasteiger partial charge in [0.05, 0.1) is 27.3 Å². The summed E-state index contributed by atoms with van der Waals surface area (Å²) in [5, 5.41) is 0. The topological polar surface area (TPSA) is 68.3 Å². The smallest absolute Gasteiger partial charge is 0.242 e. The lowest BCUT2D eigenvalue weighted by Crippen LogP contribution is -2.44. The molecule has 2 aromatic carbocycles. The van der Waals surface area contributed by atoms with Crippen LogP contribution >= 0.6 is 11.3 Å². The van der Waals surface area contributed by atoms with E-state index in [2.05, 4.69) is 31.2 Å². The molecular weight excluding hydrogens is 536 g/mol. The first-order valence-corrected chi connectivity index (χ1v) is 15.2. The van der Waals surface area contributed by atoms with Crippen LogP contribution in [0.25, 0.3) is 0 Å². The molecule has 1 aromatic heterocycles. The van der Waals surface area contributed by atoms with Crippen molar-refractivity contribution in [3.63, 3.8) is 0 Å². The Morgan fingerprint density at radius 2 is 1.73 bits per heavy atom. The summed E-state index contributed by atoms with van der Waals surface area (Å²) >= 11 is 1.70. The van der Waals surface area contributed by atoms with Crippen molar-refractivity contribution in [2.24, 2.45) is 5.92 Å². The minimum Gasteiger partial charge on any atom is -0.493 e. The number of carbonyl (C=O) groups excluding carboxylic acids is 2. The van der Waals surface area contributed by atoms with E-state index in [1.54, 1.807) is 30.5 Å². The molecule has 1 heterocycles. The van der Waals surface area contributed by atoms with E-state index in [-0.39, 0.29) is 30.2 Å². The quantitative estimate of drug-likeness (QED) is 0.204. The van der Waals surface area contributed by atoms with E-state index < -0.39 is 0 Å². The van der Waals surface area contributed by atoms with Crippen LogP contribution in [0.2, 0.25) is 0 Å². The van der Waals surface area contributed by atoms with Crippen LogP contribution in [0.5, 0.6) is 11.5 Å². The van der Waals surface area contributed by atoms with Crippen LogP contribution in [0.4, 0.5) is 0 Å². The van der Waals surface area contributed by atoms with E-state index >= 15 is 0 Å². The largest absolute Gasteiger partial charge is 0.493 e.